The van der Waals surface area contributed by atoms with Crippen molar-refractivity contribution in [2.75, 3.05) is 6.61 Å². The van der Waals surface area contributed by atoms with Gasteiger partial charge >= 0.3 is 5.97 Å². The normalized spacial score (nSPS) is 10.9. The molecule has 4 aromatic rings. The van der Waals surface area contributed by atoms with Crippen molar-refractivity contribution in [2.24, 2.45) is 5.10 Å². The largest absolute Gasteiger partial charge is 0.483 e. The minimum atomic E-state index is -0.422. The number of fused-ring (bicyclic) bond motifs is 1. The summed E-state index contributed by atoms with van der Waals surface area (Å²) in [6.45, 7) is 3.80. The Balaban J connectivity index is 1.30. The molecule has 0 aromatic heterocycles. The van der Waals surface area contributed by atoms with Gasteiger partial charge in [0.05, 0.1) is 11.8 Å². The quantitative estimate of drug-likeness (QED) is 0.181. The van der Waals surface area contributed by atoms with Crippen molar-refractivity contribution in [3.8, 4) is 11.5 Å². The second-order valence-corrected chi connectivity index (χ2v) is 7.77. The predicted octanol–water partition coefficient (Wildman–Crippen LogP) is 5.20. The summed E-state index contributed by atoms with van der Waals surface area (Å²) in [5.41, 5.74) is 5.79. The number of ether oxygens (including phenoxy) is 2. The van der Waals surface area contributed by atoms with E-state index < -0.39 is 5.97 Å². The number of esters is 1. The average Bonchev–Trinajstić information content (AvgIpc) is 2.85. The van der Waals surface area contributed by atoms with Gasteiger partial charge in [-0.1, -0.05) is 48.5 Å². The first kappa shape index (κ1) is 22.7. The summed E-state index contributed by atoms with van der Waals surface area (Å²) in [6.07, 6.45) is 1.51. The first-order valence-corrected chi connectivity index (χ1v) is 10.8. The zero-order valence-corrected chi connectivity index (χ0v) is 18.9. The van der Waals surface area contributed by atoms with Gasteiger partial charge in [-0.3, -0.25) is 4.79 Å². The number of benzene rings is 4. The van der Waals surface area contributed by atoms with Crippen LogP contribution in [0.15, 0.2) is 90.0 Å². The number of carbonyl (C=O) groups is 2. The Bertz CT molecular complexity index is 1360. The van der Waals surface area contributed by atoms with Crippen LogP contribution in [0.4, 0.5) is 0 Å². The first-order chi connectivity index (χ1) is 16.5. The maximum Gasteiger partial charge on any atom is 0.344 e. The number of rotatable bonds is 7. The van der Waals surface area contributed by atoms with Crippen molar-refractivity contribution in [3.05, 3.63) is 107 Å². The van der Waals surface area contributed by atoms with Crippen LogP contribution in [0.1, 0.15) is 27.0 Å². The molecule has 0 aliphatic carbocycles. The van der Waals surface area contributed by atoms with E-state index in [0.717, 1.165) is 27.5 Å². The third-order valence-corrected chi connectivity index (χ3v) is 5.42. The summed E-state index contributed by atoms with van der Waals surface area (Å²) in [7, 11) is 0. The van der Waals surface area contributed by atoms with Crippen molar-refractivity contribution in [1.82, 2.24) is 5.43 Å². The van der Waals surface area contributed by atoms with E-state index in [0.29, 0.717) is 17.1 Å². The number of nitrogens with zero attached hydrogens (tertiary/aromatic N) is 1. The van der Waals surface area contributed by atoms with Gasteiger partial charge < -0.3 is 9.47 Å². The summed E-state index contributed by atoms with van der Waals surface area (Å²) < 4.78 is 11.1. The molecule has 0 saturated heterocycles. The van der Waals surface area contributed by atoms with Crippen LogP contribution in [-0.2, 0) is 4.79 Å². The Morgan fingerprint density at radius 2 is 1.62 bits per heavy atom. The van der Waals surface area contributed by atoms with E-state index in [1.807, 2.05) is 68.4 Å². The van der Waals surface area contributed by atoms with Crippen LogP contribution in [0, 0.1) is 13.8 Å². The molecular formula is C28H24N2O4. The molecule has 0 aliphatic heterocycles. The van der Waals surface area contributed by atoms with E-state index in [1.165, 1.54) is 6.21 Å². The molecule has 0 fully saturated rings. The Hall–Kier alpha value is -4.45. The van der Waals surface area contributed by atoms with Crippen molar-refractivity contribution in [2.45, 2.75) is 13.8 Å². The molecular weight excluding hydrogens is 428 g/mol. The van der Waals surface area contributed by atoms with Crippen molar-refractivity contribution in [3.63, 3.8) is 0 Å². The van der Waals surface area contributed by atoms with E-state index in [2.05, 4.69) is 10.5 Å². The van der Waals surface area contributed by atoms with Crippen LogP contribution in [-0.4, -0.2) is 24.7 Å². The predicted molar refractivity (Wildman–Crippen MR) is 132 cm³/mol. The fraction of sp³-hybridized carbons (Fsp3) is 0.107. The highest BCUT2D eigenvalue weighted by Crippen LogP contribution is 2.21. The highest BCUT2D eigenvalue weighted by molar-refractivity contribution is 6.05. The summed E-state index contributed by atoms with van der Waals surface area (Å²) in [6, 6.07) is 25.7. The molecule has 0 aliphatic rings. The number of nitrogens with one attached hydrogen (secondary N) is 1. The van der Waals surface area contributed by atoms with Gasteiger partial charge in [0.15, 0.2) is 6.61 Å². The smallest absolute Gasteiger partial charge is 0.344 e. The third kappa shape index (κ3) is 5.48. The molecule has 0 bridgehead atoms. The van der Waals surface area contributed by atoms with Gasteiger partial charge in [0, 0.05) is 0 Å². The maximum absolute atomic E-state index is 12.7. The third-order valence-electron chi connectivity index (χ3n) is 5.42. The second kappa shape index (κ2) is 10.4. The van der Waals surface area contributed by atoms with Gasteiger partial charge in [0.25, 0.3) is 5.91 Å². The van der Waals surface area contributed by atoms with Crippen LogP contribution in [0.25, 0.3) is 10.8 Å². The number of aryl methyl sites for hydroxylation is 1. The minimum absolute atomic E-state index is 0.134. The lowest BCUT2D eigenvalue weighted by Crippen LogP contribution is -2.24. The lowest BCUT2D eigenvalue weighted by atomic mass is 10.0. The van der Waals surface area contributed by atoms with Crippen LogP contribution in [0.3, 0.4) is 0 Å². The summed E-state index contributed by atoms with van der Waals surface area (Å²) in [5, 5.41) is 5.77. The highest BCUT2D eigenvalue weighted by atomic mass is 16.5. The van der Waals surface area contributed by atoms with Crippen molar-refractivity contribution >= 4 is 28.9 Å². The van der Waals surface area contributed by atoms with Gasteiger partial charge in [-0.05, 0) is 77.7 Å². The number of hydrogen-bond acceptors (Lipinski definition) is 5. The number of hydrazone groups is 1. The van der Waals surface area contributed by atoms with Crippen LogP contribution < -0.4 is 14.9 Å². The standard InChI is InChI=1S/C28H24N2O4/c1-19-7-5-12-26(20(19)2)33-18-27(31)30-29-17-21-13-15-23(16-14-21)34-28(32)25-11-6-9-22-8-3-4-10-24(22)25/h3-17H,18H2,1-2H3,(H,30,31). The molecule has 4 rings (SSSR count). The molecule has 0 atom stereocenters. The number of carbonyl (C=O) groups excluding carboxylic acids is 2. The highest BCUT2D eigenvalue weighted by Gasteiger charge is 2.12. The Labute approximate surface area is 197 Å². The maximum atomic E-state index is 12.7. The molecule has 6 heteroatoms. The Kier molecular flexibility index (Phi) is 6.98. The summed E-state index contributed by atoms with van der Waals surface area (Å²) in [5.74, 6) is 0.306. The fourth-order valence-corrected chi connectivity index (χ4v) is 3.42. The summed E-state index contributed by atoms with van der Waals surface area (Å²) in [4.78, 5) is 24.7. The van der Waals surface area contributed by atoms with Crippen molar-refractivity contribution < 1.29 is 19.1 Å². The van der Waals surface area contributed by atoms with E-state index in [1.54, 1.807) is 30.3 Å². The van der Waals surface area contributed by atoms with Crippen LogP contribution in [0.2, 0.25) is 0 Å². The lowest BCUT2D eigenvalue weighted by molar-refractivity contribution is -0.123. The lowest BCUT2D eigenvalue weighted by Gasteiger charge is -2.09. The van der Waals surface area contributed by atoms with Gasteiger partial charge in [0.1, 0.15) is 11.5 Å². The zero-order chi connectivity index (χ0) is 23.9. The van der Waals surface area contributed by atoms with Crippen LogP contribution in [0.5, 0.6) is 11.5 Å². The molecule has 34 heavy (non-hydrogen) atoms. The second-order valence-electron chi connectivity index (χ2n) is 7.77. The van der Waals surface area contributed by atoms with E-state index in [9.17, 15) is 9.59 Å². The molecule has 1 amide bonds. The minimum Gasteiger partial charge on any atom is -0.483 e. The van der Waals surface area contributed by atoms with Crippen molar-refractivity contribution in [1.29, 1.82) is 0 Å². The Morgan fingerprint density at radius 3 is 2.44 bits per heavy atom. The van der Waals surface area contributed by atoms with Gasteiger partial charge in [-0.2, -0.15) is 5.10 Å². The topological polar surface area (TPSA) is 77.0 Å². The molecule has 0 heterocycles. The Morgan fingerprint density at radius 1 is 0.882 bits per heavy atom. The van der Waals surface area contributed by atoms with E-state index in [4.69, 9.17) is 9.47 Å². The molecule has 0 saturated carbocycles. The molecule has 0 spiro atoms. The molecule has 4 aromatic carbocycles. The van der Waals surface area contributed by atoms with Crippen LogP contribution >= 0.6 is 0 Å². The zero-order valence-electron chi connectivity index (χ0n) is 18.9. The summed E-state index contributed by atoms with van der Waals surface area (Å²) >= 11 is 0. The molecule has 0 unspecified atom stereocenters. The first-order valence-electron chi connectivity index (χ1n) is 10.8. The SMILES string of the molecule is Cc1cccc(OCC(=O)NN=Cc2ccc(OC(=O)c3cccc4ccccc34)cc2)c1C. The number of hydrogen-bond donors (Lipinski definition) is 1. The van der Waals surface area contributed by atoms with E-state index >= 15 is 0 Å². The molecule has 6 nitrogen and oxygen atoms in total. The number of amides is 1. The monoisotopic (exact) mass is 452 g/mol. The van der Waals surface area contributed by atoms with Gasteiger partial charge in [0.2, 0.25) is 0 Å². The van der Waals surface area contributed by atoms with Gasteiger partial charge in [-0.15, -0.1) is 0 Å². The average molecular weight is 453 g/mol. The molecule has 1 N–H and O–H groups in total. The fourth-order valence-electron chi connectivity index (χ4n) is 3.42. The molecule has 0 radical (unpaired) electrons. The molecule has 170 valence electrons. The van der Waals surface area contributed by atoms with E-state index in [-0.39, 0.29) is 12.5 Å². The van der Waals surface area contributed by atoms with Gasteiger partial charge in [-0.25, -0.2) is 10.2 Å².